The summed E-state index contributed by atoms with van der Waals surface area (Å²) < 4.78 is 10.9. The van der Waals surface area contributed by atoms with Gasteiger partial charge in [-0.25, -0.2) is 4.79 Å². The maximum Gasteiger partial charge on any atom is 0.414 e. The number of nitrogens with zero attached hydrogens (tertiary/aromatic N) is 1. The molecule has 114 valence electrons. The molecule has 1 amide bonds. The van der Waals surface area contributed by atoms with Crippen LogP contribution < -0.4 is 9.64 Å². The molecule has 0 bridgehead atoms. The minimum absolute atomic E-state index is 0.299. The van der Waals surface area contributed by atoms with Crippen molar-refractivity contribution < 1.29 is 14.3 Å². The van der Waals surface area contributed by atoms with Gasteiger partial charge in [0.25, 0.3) is 0 Å². The Balaban J connectivity index is 1.64. The Hall–Kier alpha value is -1.91. The summed E-state index contributed by atoms with van der Waals surface area (Å²) in [4.78, 5) is 13.5. The standard InChI is InChI=1S/C16H13Cl2NO3/c17-14-7-6-11(8-15(14)18)19-9-13(22-16(19)20)10-21-12-4-2-1-3-5-12/h1-8,13H,9-10H2. The molecule has 2 aromatic rings. The molecule has 3 rings (SSSR count). The lowest BCUT2D eigenvalue weighted by atomic mass is 10.2. The topological polar surface area (TPSA) is 38.8 Å². The highest BCUT2D eigenvalue weighted by atomic mass is 35.5. The molecule has 0 saturated carbocycles. The number of rotatable bonds is 4. The van der Waals surface area contributed by atoms with Gasteiger partial charge in [-0.15, -0.1) is 0 Å². The van der Waals surface area contributed by atoms with Gasteiger partial charge in [0, 0.05) is 5.69 Å². The molecular formula is C16H13Cl2NO3. The van der Waals surface area contributed by atoms with Crippen LogP contribution in [0, 0.1) is 0 Å². The van der Waals surface area contributed by atoms with E-state index in [1.54, 1.807) is 18.2 Å². The average Bonchev–Trinajstić information content (AvgIpc) is 2.90. The van der Waals surface area contributed by atoms with Crippen LogP contribution in [-0.4, -0.2) is 25.3 Å². The van der Waals surface area contributed by atoms with Gasteiger partial charge in [-0.3, -0.25) is 4.90 Å². The van der Waals surface area contributed by atoms with E-state index in [0.29, 0.717) is 28.9 Å². The summed E-state index contributed by atoms with van der Waals surface area (Å²) in [6.07, 6.45) is -0.748. The van der Waals surface area contributed by atoms with E-state index >= 15 is 0 Å². The number of hydrogen-bond acceptors (Lipinski definition) is 3. The summed E-state index contributed by atoms with van der Waals surface area (Å²) in [5.41, 5.74) is 0.654. The largest absolute Gasteiger partial charge is 0.490 e. The molecule has 1 fully saturated rings. The summed E-state index contributed by atoms with van der Waals surface area (Å²) in [7, 11) is 0. The number of halogens is 2. The maximum absolute atomic E-state index is 12.0. The van der Waals surface area contributed by atoms with Crippen LogP contribution in [0.1, 0.15) is 0 Å². The van der Waals surface area contributed by atoms with Gasteiger partial charge < -0.3 is 9.47 Å². The lowest BCUT2D eigenvalue weighted by Gasteiger charge is -2.14. The van der Waals surface area contributed by atoms with Crippen molar-refractivity contribution in [3.8, 4) is 5.75 Å². The van der Waals surface area contributed by atoms with Crippen LogP contribution in [0.25, 0.3) is 0 Å². The average molecular weight is 338 g/mol. The number of carbonyl (C=O) groups is 1. The Labute approximate surface area is 138 Å². The van der Waals surface area contributed by atoms with E-state index < -0.39 is 6.09 Å². The van der Waals surface area contributed by atoms with Gasteiger partial charge in [0.05, 0.1) is 16.6 Å². The minimum Gasteiger partial charge on any atom is -0.490 e. The SMILES string of the molecule is O=C1OC(COc2ccccc2)CN1c1ccc(Cl)c(Cl)c1. The second-order valence-corrected chi connectivity index (χ2v) is 5.65. The van der Waals surface area contributed by atoms with E-state index in [-0.39, 0.29) is 6.10 Å². The molecule has 0 N–H and O–H groups in total. The third kappa shape index (κ3) is 3.29. The van der Waals surface area contributed by atoms with Crippen LogP contribution >= 0.6 is 23.2 Å². The summed E-state index contributed by atoms with van der Waals surface area (Å²) in [6, 6.07) is 14.4. The number of anilines is 1. The number of ether oxygens (including phenoxy) is 2. The molecular weight excluding hydrogens is 325 g/mol. The van der Waals surface area contributed by atoms with Crippen molar-refractivity contribution in [2.45, 2.75) is 6.10 Å². The van der Waals surface area contributed by atoms with E-state index in [1.165, 1.54) is 4.90 Å². The molecule has 2 aromatic carbocycles. The Morgan fingerprint density at radius 3 is 2.64 bits per heavy atom. The summed E-state index contributed by atoms with van der Waals surface area (Å²) in [5, 5.41) is 0.845. The molecule has 6 heteroatoms. The quantitative estimate of drug-likeness (QED) is 0.830. The van der Waals surface area contributed by atoms with Crippen molar-refractivity contribution in [1.29, 1.82) is 0 Å². The second-order valence-electron chi connectivity index (χ2n) is 4.84. The van der Waals surface area contributed by atoms with Crippen LogP contribution in [0.15, 0.2) is 48.5 Å². The Bertz CT molecular complexity index is 678. The van der Waals surface area contributed by atoms with E-state index in [9.17, 15) is 4.79 Å². The molecule has 1 aliphatic rings. The predicted molar refractivity (Wildman–Crippen MR) is 86.0 cm³/mol. The molecule has 0 aromatic heterocycles. The first-order valence-corrected chi connectivity index (χ1v) is 7.50. The van der Waals surface area contributed by atoms with Gasteiger partial charge in [-0.2, -0.15) is 0 Å². The fraction of sp³-hybridized carbons (Fsp3) is 0.188. The highest BCUT2D eigenvalue weighted by Crippen LogP contribution is 2.29. The molecule has 1 saturated heterocycles. The van der Waals surface area contributed by atoms with Crippen molar-refractivity contribution in [2.75, 3.05) is 18.1 Å². The number of cyclic esters (lactones) is 1. The lowest BCUT2D eigenvalue weighted by Crippen LogP contribution is -2.26. The number of para-hydroxylation sites is 1. The van der Waals surface area contributed by atoms with Gasteiger partial charge in [-0.05, 0) is 30.3 Å². The predicted octanol–water partition coefficient (Wildman–Crippen LogP) is 4.40. The maximum atomic E-state index is 12.0. The van der Waals surface area contributed by atoms with E-state index in [4.69, 9.17) is 32.7 Å². The lowest BCUT2D eigenvalue weighted by molar-refractivity contribution is 0.105. The van der Waals surface area contributed by atoms with Gasteiger partial charge in [0.2, 0.25) is 0 Å². The third-order valence-electron chi connectivity index (χ3n) is 3.27. The van der Waals surface area contributed by atoms with Crippen LogP contribution in [0.4, 0.5) is 10.5 Å². The highest BCUT2D eigenvalue weighted by Gasteiger charge is 2.33. The first-order valence-electron chi connectivity index (χ1n) is 6.74. The van der Waals surface area contributed by atoms with E-state index in [0.717, 1.165) is 5.75 Å². The fourth-order valence-electron chi connectivity index (χ4n) is 2.18. The zero-order valence-corrected chi connectivity index (χ0v) is 13.1. The Morgan fingerprint density at radius 2 is 1.91 bits per heavy atom. The summed E-state index contributed by atoms with van der Waals surface area (Å²) >= 11 is 11.9. The minimum atomic E-state index is -0.417. The highest BCUT2D eigenvalue weighted by molar-refractivity contribution is 6.42. The van der Waals surface area contributed by atoms with Crippen molar-refractivity contribution in [3.05, 3.63) is 58.6 Å². The number of carbonyl (C=O) groups excluding carboxylic acids is 1. The fourth-order valence-corrected chi connectivity index (χ4v) is 2.47. The van der Waals surface area contributed by atoms with Crippen LogP contribution in [0.5, 0.6) is 5.75 Å². The van der Waals surface area contributed by atoms with Crippen molar-refractivity contribution in [3.63, 3.8) is 0 Å². The zero-order chi connectivity index (χ0) is 15.5. The molecule has 22 heavy (non-hydrogen) atoms. The molecule has 0 radical (unpaired) electrons. The van der Waals surface area contributed by atoms with Gasteiger partial charge in [0.15, 0.2) is 6.10 Å². The molecule has 1 heterocycles. The van der Waals surface area contributed by atoms with Crippen LogP contribution in [0.2, 0.25) is 10.0 Å². The molecule has 0 aliphatic carbocycles. The number of hydrogen-bond donors (Lipinski definition) is 0. The van der Waals surface area contributed by atoms with E-state index in [1.807, 2.05) is 30.3 Å². The van der Waals surface area contributed by atoms with Crippen LogP contribution in [-0.2, 0) is 4.74 Å². The Kier molecular flexibility index (Phi) is 4.41. The Morgan fingerprint density at radius 1 is 1.14 bits per heavy atom. The van der Waals surface area contributed by atoms with Crippen molar-refractivity contribution >= 4 is 35.0 Å². The molecule has 0 spiro atoms. The summed E-state index contributed by atoms with van der Waals surface area (Å²) in [5.74, 6) is 0.742. The first-order chi connectivity index (χ1) is 10.6. The van der Waals surface area contributed by atoms with Gasteiger partial charge in [0.1, 0.15) is 12.4 Å². The molecule has 1 atom stereocenters. The number of benzene rings is 2. The van der Waals surface area contributed by atoms with Crippen molar-refractivity contribution in [1.82, 2.24) is 0 Å². The van der Waals surface area contributed by atoms with Crippen molar-refractivity contribution in [2.24, 2.45) is 0 Å². The molecule has 1 aliphatic heterocycles. The third-order valence-corrected chi connectivity index (χ3v) is 4.01. The first kappa shape index (κ1) is 15.0. The zero-order valence-electron chi connectivity index (χ0n) is 11.5. The second kappa shape index (κ2) is 6.46. The summed E-state index contributed by atoms with van der Waals surface area (Å²) in [6.45, 7) is 0.706. The van der Waals surface area contributed by atoms with E-state index in [2.05, 4.69) is 0 Å². The monoisotopic (exact) mass is 337 g/mol. The normalized spacial score (nSPS) is 17.5. The molecule has 4 nitrogen and oxygen atoms in total. The smallest absolute Gasteiger partial charge is 0.414 e. The number of amides is 1. The van der Waals surface area contributed by atoms with Crippen LogP contribution in [0.3, 0.4) is 0 Å². The van der Waals surface area contributed by atoms with Gasteiger partial charge >= 0.3 is 6.09 Å². The molecule has 1 unspecified atom stereocenters. The van der Waals surface area contributed by atoms with Gasteiger partial charge in [-0.1, -0.05) is 41.4 Å².